The number of hydrogen-bond donors (Lipinski definition) is 3. The van der Waals surface area contributed by atoms with Gasteiger partial charge in [0.25, 0.3) is 10.0 Å². The highest BCUT2D eigenvalue weighted by atomic mass is 32.2. The highest BCUT2D eigenvalue weighted by Gasteiger charge is 2.28. The maximum absolute atomic E-state index is 12.6. The zero-order valence-corrected chi connectivity index (χ0v) is 16.4. The molecule has 0 aromatic heterocycles. The van der Waals surface area contributed by atoms with E-state index in [1.165, 1.54) is 0 Å². The minimum absolute atomic E-state index is 0.0956. The van der Waals surface area contributed by atoms with Gasteiger partial charge in [0.05, 0.1) is 12.6 Å². The maximum atomic E-state index is 12.6. The average molecular weight is 414 g/mol. The molecule has 0 saturated carbocycles. The van der Waals surface area contributed by atoms with Crippen molar-refractivity contribution >= 4 is 22.0 Å². The third-order valence-electron chi connectivity index (χ3n) is 4.22. The van der Waals surface area contributed by atoms with Crippen LogP contribution in [0.3, 0.4) is 0 Å². The van der Waals surface area contributed by atoms with Gasteiger partial charge in [0.1, 0.15) is 0 Å². The quantitative estimate of drug-likeness (QED) is 0.667. The van der Waals surface area contributed by atoms with Crippen LogP contribution in [0.2, 0.25) is 0 Å². The van der Waals surface area contributed by atoms with Crippen molar-refractivity contribution in [3.63, 3.8) is 0 Å². The van der Waals surface area contributed by atoms with Crippen molar-refractivity contribution in [2.75, 3.05) is 13.2 Å². The lowest BCUT2D eigenvalue weighted by molar-refractivity contribution is 0.243. The van der Waals surface area contributed by atoms with Crippen molar-refractivity contribution in [2.45, 2.75) is 12.5 Å². The molecular formula is C20H22N4O4S. The van der Waals surface area contributed by atoms with E-state index < -0.39 is 22.1 Å². The third-order valence-corrected chi connectivity index (χ3v) is 5.56. The van der Waals surface area contributed by atoms with Crippen LogP contribution in [0.4, 0.5) is 4.79 Å². The van der Waals surface area contributed by atoms with Crippen LogP contribution in [0.5, 0.6) is 0 Å². The number of carbonyl (C=O) groups is 1. The first-order valence-electron chi connectivity index (χ1n) is 9.04. The molecule has 1 aliphatic heterocycles. The van der Waals surface area contributed by atoms with Gasteiger partial charge in [-0.25, -0.2) is 17.9 Å². The van der Waals surface area contributed by atoms with Crippen LogP contribution in [0.15, 0.2) is 76.8 Å². The number of amides is 2. The Morgan fingerprint density at radius 1 is 1.07 bits per heavy atom. The number of aliphatic imine (C=N–C) groups is 1. The largest absolute Gasteiger partial charge is 0.477 e. The van der Waals surface area contributed by atoms with Gasteiger partial charge in [-0.3, -0.25) is 4.99 Å². The highest BCUT2D eigenvalue weighted by molar-refractivity contribution is 7.94. The van der Waals surface area contributed by atoms with Gasteiger partial charge in [-0.15, -0.1) is 0 Å². The van der Waals surface area contributed by atoms with Crippen LogP contribution in [0.1, 0.15) is 23.6 Å². The first-order valence-corrected chi connectivity index (χ1v) is 10.5. The average Bonchev–Trinajstić information content (AvgIpc) is 2.74. The minimum atomic E-state index is -4.26. The van der Waals surface area contributed by atoms with Crippen LogP contribution >= 0.6 is 0 Å². The molecule has 8 nitrogen and oxygen atoms in total. The Morgan fingerprint density at radius 2 is 1.66 bits per heavy atom. The van der Waals surface area contributed by atoms with Gasteiger partial charge in [-0.2, -0.15) is 0 Å². The summed E-state index contributed by atoms with van der Waals surface area (Å²) in [5, 5.41) is 2.71. The smallest absolute Gasteiger partial charge is 0.329 e. The monoisotopic (exact) mass is 414 g/mol. The molecule has 29 heavy (non-hydrogen) atoms. The van der Waals surface area contributed by atoms with E-state index in [-0.39, 0.29) is 10.8 Å². The van der Waals surface area contributed by atoms with E-state index in [0.29, 0.717) is 19.6 Å². The second kappa shape index (κ2) is 9.24. The zero-order chi connectivity index (χ0) is 20.7. The molecule has 0 aliphatic carbocycles. The van der Waals surface area contributed by atoms with Gasteiger partial charge < -0.3 is 15.8 Å². The maximum Gasteiger partial charge on any atom is 0.329 e. The number of carbonyl (C=O) groups excluding carboxylic acids is 1. The summed E-state index contributed by atoms with van der Waals surface area (Å²) >= 11 is 0. The normalized spacial score (nSPS) is 14.7. The summed E-state index contributed by atoms with van der Waals surface area (Å²) in [6, 6.07) is 17.1. The standard InChI is InChI=1S/C20H22N4O4S/c21-14-17(19-22-12-7-13-28-19)29(26,27)24-20(25)23-18(15-8-3-1-4-9-15)16-10-5-2-6-11-16/h1-6,8-11,14,18H,7,12-13,21H2,(H2,23,24,25)/b17-14+. The Morgan fingerprint density at radius 3 is 2.14 bits per heavy atom. The number of urea groups is 1. The molecule has 2 aromatic rings. The van der Waals surface area contributed by atoms with Gasteiger partial charge in [0.2, 0.25) is 5.90 Å². The second-order valence-corrected chi connectivity index (χ2v) is 7.90. The van der Waals surface area contributed by atoms with Crippen molar-refractivity contribution in [2.24, 2.45) is 10.7 Å². The fraction of sp³-hybridized carbons (Fsp3) is 0.200. The van der Waals surface area contributed by atoms with Crippen molar-refractivity contribution in [3.8, 4) is 0 Å². The van der Waals surface area contributed by atoms with Crippen LogP contribution < -0.4 is 15.8 Å². The van der Waals surface area contributed by atoms with Gasteiger partial charge in [0.15, 0.2) is 4.91 Å². The van der Waals surface area contributed by atoms with E-state index >= 15 is 0 Å². The van der Waals surface area contributed by atoms with E-state index in [9.17, 15) is 13.2 Å². The molecule has 0 saturated heterocycles. The molecule has 0 fully saturated rings. The van der Waals surface area contributed by atoms with Crippen LogP contribution in [0.25, 0.3) is 0 Å². The van der Waals surface area contributed by atoms with Gasteiger partial charge >= 0.3 is 6.03 Å². The topological polar surface area (TPSA) is 123 Å². The fourth-order valence-electron chi connectivity index (χ4n) is 2.87. The first-order chi connectivity index (χ1) is 14.0. The lowest BCUT2D eigenvalue weighted by Crippen LogP contribution is -2.43. The number of rotatable bonds is 6. The predicted molar refractivity (Wildman–Crippen MR) is 110 cm³/mol. The molecule has 4 N–H and O–H groups in total. The molecule has 2 amide bonds. The minimum Gasteiger partial charge on any atom is -0.477 e. The van der Waals surface area contributed by atoms with Gasteiger partial charge in [0, 0.05) is 19.2 Å². The zero-order valence-electron chi connectivity index (χ0n) is 15.6. The number of benzene rings is 2. The van der Waals surface area contributed by atoms with Crippen molar-refractivity contribution in [1.82, 2.24) is 10.0 Å². The van der Waals surface area contributed by atoms with Crippen molar-refractivity contribution in [1.29, 1.82) is 0 Å². The Hall–Kier alpha value is -3.33. The van der Waals surface area contributed by atoms with Gasteiger partial charge in [-0.1, -0.05) is 60.7 Å². The van der Waals surface area contributed by atoms with E-state index in [0.717, 1.165) is 17.3 Å². The molecule has 1 heterocycles. The number of nitrogens with two attached hydrogens (primary N) is 1. The fourth-order valence-corrected chi connectivity index (χ4v) is 3.82. The van der Waals surface area contributed by atoms with E-state index in [1.54, 1.807) is 0 Å². The summed E-state index contributed by atoms with van der Waals surface area (Å²) in [4.78, 5) is 16.2. The van der Waals surface area contributed by atoms with E-state index in [2.05, 4.69) is 10.3 Å². The summed E-state index contributed by atoms with van der Waals surface area (Å²) in [6.45, 7) is 0.764. The molecule has 0 spiro atoms. The molecule has 0 atom stereocenters. The van der Waals surface area contributed by atoms with Crippen molar-refractivity contribution in [3.05, 3.63) is 82.9 Å². The molecule has 0 bridgehead atoms. The van der Waals surface area contributed by atoms with Crippen LogP contribution in [-0.4, -0.2) is 33.5 Å². The number of ether oxygens (including phenoxy) is 1. The van der Waals surface area contributed by atoms with Crippen molar-refractivity contribution < 1.29 is 17.9 Å². The molecule has 9 heteroatoms. The van der Waals surface area contributed by atoms with Crippen LogP contribution in [-0.2, 0) is 14.8 Å². The number of hydrogen-bond acceptors (Lipinski definition) is 6. The number of nitrogens with one attached hydrogen (secondary N) is 2. The van der Waals surface area contributed by atoms with E-state index in [4.69, 9.17) is 10.5 Å². The lowest BCUT2D eigenvalue weighted by Gasteiger charge is -2.21. The Bertz CT molecular complexity index is 966. The molecule has 0 unspecified atom stereocenters. The summed E-state index contributed by atoms with van der Waals surface area (Å²) in [7, 11) is -4.26. The highest BCUT2D eigenvalue weighted by Crippen LogP contribution is 2.21. The number of sulfonamides is 1. The van der Waals surface area contributed by atoms with Crippen LogP contribution in [0, 0.1) is 0 Å². The summed E-state index contributed by atoms with van der Waals surface area (Å²) in [5.74, 6) is -0.0956. The summed E-state index contributed by atoms with van der Waals surface area (Å²) in [6.07, 6.45) is 1.55. The Labute approximate surface area is 169 Å². The molecule has 1 aliphatic rings. The third kappa shape index (κ3) is 5.14. The van der Waals surface area contributed by atoms with Gasteiger partial charge in [-0.05, 0) is 11.1 Å². The Kier molecular flexibility index (Phi) is 6.50. The molecule has 3 rings (SSSR count). The lowest BCUT2D eigenvalue weighted by atomic mass is 9.99. The molecular weight excluding hydrogens is 392 g/mol. The molecule has 152 valence electrons. The Balaban J connectivity index is 1.80. The second-order valence-electron chi connectivity index (χ2n) is 6.25. The number of nitrogens with zero attached hydrogens (tertiary/aromatic N) is 1. The predicted octanol–water partition coefficient (Wildman–Crippen LogP) is 2.02. The molecule has 2 aromatic carbocycles. The van der Waals surface area contributed by atoms with E-state index in [1.807, 2.05) is 65.4 Å². The molecule has 0 radical (unpaired) electrons. The summed E-state index contributed by atoms with van der Waals surface area (Å²) < 4.78 is 32.5. The summed E-state index contributed by atoms with van der Waals surface area (Å²) in [5.41, 5.74) is 7.09. The SMILES string of the molecule is N/C=C(\C1=NCCCO1)S(=O)(=O)NC(=O)NC(c1ccccc1)c1ccccc1. The first kappa shape index (κ1) is 20.4.